The van der Waals surface area contributed by atoms with E-state index < -0.39 is 17.9 Å². The highest BCUT2D eigenvalue weighted by atomic mass is 16.5. The van der Waals surface area contributed by atoms with Gasteiger partial charge in [0.05, 0.1) is 5.56 Å². The Morgan fingerprint density at radius 2 is 1.95 bits per heavy atom. The van der Waals surface area contributed by atoms with Gasteiger partial charge in [0.15, 0.2) is 6.61 Å². The van der Waals surface area contributed by atoms with Crippen LogP contribution in [0.5, 0.6) is 5.75 Å². The molecule has 3 amide bonds. The van der Waals surface area contributed by atoms with Crippen LogP contribution in [0.4, 0.5) is 4.79 Å². The SMILES string of the molecule is Cc1c(OCC(=O)NC(=O)NC(C)C)cccc1C(=O)O. The number of urea groups is 1. The largest absolute Gasteiger partial charge is 0.483 e. The molecule has 1 aromatic rings. The average molecular weight is 294 g/mol. The summed E-state index contributed by atoms with van der Waals surface area (Å²) in [5, 5.41) is 13.6. The molecule has 7 heteroatoms. The van der Waals surface area contributed by atoms with Crippen molar-refractivity contribution >= 4 is 17.9 Å². The van der Waals surface area contributed by atoms with Crippen LogP contribution in [0.15, 0.2) is 18.2 Å². The van der Waals surface area contributed by atoms with E-state index in [0.717, 1.165) is 0 Å². The molecule has 0 unspecified atom stereocenters. The summed E-state index contributed by atoms with van der Waals surface area (Å²) in [4.78, 5) is 33.8. The first-order valence-corrected chi connectivity index (χ1v) is 6.37. The lowest BCUT2D eigenvalue weighted by Gasteiger charge is -2.12. The molecule has 0 atom stereocenters. The Bertz CT molecular complexity index is 554. The van der Waals surface area contributed by atoms with Crippen molar-refractivity contribution in [3.63, 3.8) is 0 Å². The third kappa shape index (κ3) is 5.13. The number of imide groups is 1. The molecule has 21 heavy (non-hydrogen) atoms. The predicted molar refractivity (Wildman–Crippen MR) is 75.4 cm³/mol. The topological polar surface area (TPSA) is 105 Å². The third-order valence-electron chi connectivity index (χ3n) is 2.55. The maximum atomic E-state index is 11.5. The number of ether oxygens (including phenoxy) is 1. The Balaban J connectivity index is 2.60. The van der Waals surface area contributed by atoms with Gasteiger partial charge in [-0.3, -0.25) is 10.1 Å². The fourth-order valence-electron chi connectivity index (χ4n) is 1.61. The molecule has 7 nitrogen and oxygen atoms in total. The molecule has 0 fully saturated rings. The van der Waals surface area contributed by atoms with Crippen LogP contribution in [0.2, 0.25) is 0 Å². The Labute approximate surface area is 122 Å². The maximum absolute atomic E-state index is 11.5. The number of carboxylic acid groups (broad SMARTS) is 1. The van der Waals surface area contributed by atoms with Crippen LogP contribution >= 0.6 is 0 Å². The van der Waals surface area contributed by atoms with E-state index in [1.54, 1.807) is 26.8 Å². The summed E-state index contributed by atoms with van der Waals surface area (Å²) < 4.78 is 5.24. The second-order valence-corrected chi connectivity index (χ2v) is 4.70. The number of hydrogen-bond acceptors (Lipinski definition) is 4. The van der Waals surface area contributed by atoms with Crippen LogP contribution in [-0.2, 0) is 4.79 Å². The molecule has 3 N–H and O–H groups in total. The third-order valence-corrected chi connectivity index (χ3v) is 2.55. The van der Waals surface area contributed by atoms with E-state index >= 15 is 0 Å². The molecular formula is C14H18N2O5. The standard InChI is InChI=1S/C14H18N2O5/c1-8(2)15-14(20)16-12(17)7-21-11-6-4-5-10(9(11)3)13(18)19/h4-6,8H,7H2,1-3H3,(H,18,19)(H2,15,16,17,20). The van der Waals surface area contributed by atoms with Crippen LogP contribution < -0.4 is 15.4 Å². The second kappa shape index (κ2) is 7.28. The van der Waals surface area contributed by atoms with Crippen molar-refractivity contribution in [1.82, 2.24) is 10.6 Å². The molecule has 0 saturated carbocycles. The average Bonchev–Trinajstić information content (AvgIpc) is 2.35. The Morgan fingerprint density at radius 1 is 1.29 bits per heavy atom. The van der Waals surface area contributed by atoms with Gasteiger partial charge in [0.2, 0.25) is 0 Å². The monoisotopic (exact) mass is 294 g/mol. The minimum atomic E-state index is -1.07. The molecule has 0 aliphatic carbocycles. The molecule has 0 spiro atoms. The van der Waals surface area contributed by atoms with Crippen molar-refractivity contribution in [2.45, 2.75) is 26.8 Å². The van der Waals surface area contributed by atoms with Crippen molar-refractivity contribution in [3.8, 4) is 5.75 Å². The van der Waals surface area contributed by atoms with E-state index in [4.69, 9.17) is 9.84 Å². The van der Waals surface area contributed by atoms with Crippen LogP contribution in [0.1, 0.15) is 29.8 Å². The molecule has 0 saturated heterocycles. The van der Waals surface area contributed by atoms with Crippen LogP contribution in [0, 0.1) is 6.92 Å². The summed E-state index contributed by atoms with van der Waals surface area (Å²) in [5.74, 6) is -1.40. The van der Waals surface area contributed by atoms with Crippen molar-refractivity contribution in [1.29, 1.82) is 0 Å². The summed E-state index contributed by atoms with van der Waals surface area (Å²) in [6.45, 7) is 4.74. The van der Waals surface area contributed by atoms with Gasteiger partial charge in [0.25, 0.3) is 5.91 Å². The number of benzene rings is 1. The first-order chi connectivity index (χ1) is 9.81. The van der Waals surface area contributed by atoms with Gasteiger partial charge in [-0.1, -0.05) is 6.07 Å². The van der Waals surface area contributed by atoms with Crippen molar-refractivity contribution in [2.24, 2.45) is 0 Å². The predicted octanol–water partition coefficient (Wildman–Crippen LogP) is 1.31. The molecule has 0 aliphatic heterocycles. The highest BCUT2D eigenvalue weighted by Crippen LogP contribution is 2.21. The zero-order valence-corrected chi connectivity index (χ0v) is 12.1. The summed E-state index contributed by atoms with van der Waals surface area (Å²) in [6.07, 6.45) is 0. The lowest BCUT2D eigenvalue weighted by atomic mass is 10.1. The van der Waals surface area contributed by atoms with E-state index in [9.17, 15) is 14.4 Å². The molecule has 114 valence electrons. The number of hydrogen-bond donors (Lipinski definition) is 3. The number of aromatic carboxylic acids is 1. The zero-order valence-electron chi connectivity index (χ0n) is 12.1. The zero-order chi connectivity index (χ0) is 16.0. The van der Waals surface area contributed by atoms with Gasteiger partial charge in [0.1, 0.15) is 5.75 Å². The van der Waals surface area contributed by atoms with Gasteiger partial charge in [-0.05, 0) is 32.9 Å². The van der Waals surface area contributed by atoms with Gasteiger partial charge in [-0.15, -0.1) is 0 Å². The van der Waals surface area contributed by atoms with Crippen LogP contribution in [0.3, 0.4) is 0 Å². The summed E-state index contributed by atoms with van der Waals surface area (Å²) in [7, 11) is 0. The minimum absolute atomic E-state index is 0.0896. The van der Waals surface area contributed by atoms with E-state index in [1.165, 1.54) is 12.1 Å². The normalized spacial score (nSPS) is 10.1. The second-order valence-electron chi connectivity index (χ2n) is 4.70. The molecule has 0 bridgehead atoms. The Hall–Kier alpha value is -2.57. The van der Waals surface area contributed by atoms with Crippen molar-refractivity contribution in [3.05, 3.63) is 29.3 Å². The lowest BCUT2D eigenvalue weighted by molar-refractivity contribution is -0.122. The molecule has 0 aliphatic rings. The van der Waals surface area contributed by atoms with Crippen LogP contribution in [0.25, 0.3) is 0 Å². The molecule has 0 radical (unpaired) electrons. The summed E-state index contributed by atoms with van der Waals surface area (Å²) in [5.41, 5.74) is 0.523. The maximum Gasteiger partial charge on any atom is 0.336 e. The number of rotatable bonds is 5. The number of nitrogens with one attached hydrogen (secondary N) is 2. The smallest absolute Gasteiger partial charge is 0.336 e. The highest BCUT2D eigenvalue weighted by molar-refractivity contribution is 5.95. The van der Waals surface area contributed by atoms with Gasteiger partial charge in [-0.25, -0.2) is 9.59 Å². The number of amides is 3. The van der Waals surface area contributed by atoms with Crippen LogP contribution in [-0.4, -0.2) is 35.7 Å². The molecule has 0 aromatic heterocycles. The van der Waals surface area contributed by atoms with Gasteiger partial charge < -0.3 is 15.2 Å². The van der Waals surface area contributed by atoms with Gasteiger partial charge in [-0.2, -0.15) is 0 Å². The fourth-order valence-corrected chi connectivity index (χ4v) is 1.61. The first kappa shape index (κ1) is 16.5. The quantitative estimate of drug-likeness (QED) is 0.759. The van der Waals surface area contributed by atoms with Gasteiger partial charge >= 0.3 is 12.0 Å². The fraction of sp³-hybridized carbons (Fsp3) is 0.357. The molecule has 1 rings (SSSR count). The van der Waals surface area contributed by atoms with E-state index in [1.807, 2.05) is 0 Å². The Kier molecular flexibility index (Phi) is 5.71. The lowest BCUT2D eigenvalue weighted by Crippen LogP contribution is -2.44. The number of carbonyl (C=O) groups is 3. The number of carboxylic acids is 1. The van der Waals surface area contributed by atoms with E-state index in [0.29, 0.717) is 5.56 Å². The molecular weight excluding hydrogens is 276 g/mol. The summed E-state index contributed by atoms with van der Waals surface area (Å²) >= 11 is 0. The first-order valence-electron chi connectivity index (χ1n) is 6.37. The molecule has 1 aromatic carbocycles. The van der Waals surface area contributed by atoms with Crippen molar-refractivity contribution in [2.75, 3.05) is 6.61 Å². The Morgan fingerprint density at radius 3 is 2.52 bits per heavy atom. The van der Waals surface area contributed by atoms with Gasteiger partial charge in [0, 0.05) is 11.6 Å². The van der Waals surface area contributed by atoms with Crippen molar-refractivity contribution < 1.29 is 24.2 Å². The number of carbonyl (C=O) groups excluding carboxylic acids is 2. The summed E-state index contributed by atoms with van der Waals surface area (Å²) in [6, 6.07) is 3.84. The minimum Gasteiger partial charge on any atom is -0.483 e. The highest BCUT2D eigenvalue weighted by Gasteiger charge is 2.13. The molecule has 0 heterocycles. The van der Waals surface area contributed by atoms with E-state index in [-0.39, 0.29) is 24.0 Å². The van der Waals surface area contributed by atoms with E-state index in [2.05, 4.69) is 10.6 Å².